The average molecular weight is 301 g/mol. The zero-order chi connectivity index (χ0) is 12.2. The summed E-state index contributed by atoms with van der Waals surface area (Å²) in [5, 5.41) is 0.922. The van der Waals surface area contributed by atoms with Gasteiger partial charge >= 0.3 is 0 Å². The van der Waals surface area contributed by atoms with Gasteiger partial charge in [0.05, 0.1) is 10.7 Å². The van der Waals surface area contributed by atoms with Crippen LogP contribution in [0.4, 0.5) is 0 Å². The first-order valence-electron chi connectivity index (χ1n) is 4.88. The van der Waals surface area contributed by atoms with E-state index in [4.69, 9.17) is 34.8 Å². The lowest BCUT2D eigenvalue weighted by Crippen LogP contribution is -2.19. The van der Waals surface area contributed by atoms with Crippen molar-refractivity contribution in [3.63, 3.8) is 0 Å². The number of nitrogens with one attached hydrogen (secondary N) is 1. The number of rotatable bonds is 5. The molecule has 0 unspecified atom stereocenters. The van der Waals surface area contributed by atoms with Gasteiger partial charge in [-0.3, -0.25) is 4.79 Å². The minimum atomic E-state index is -1.89. The summed E-state index contributed by atoms with van der Waals surface area (Å²) in [5.41, 5.74) is 0.332. The van der Waals surface area contributed by atoms with E-state index >= 15 is 0 Å². The Morgan fingerprint density at radius 3 is 2.69 bits per heavy atom. The van der Waals surface area contributed by atoms with E-state index in [0.29, 0.717) is 5.69 Å². The van der Waals surface area contributed by atoms with Gasteiger partial charge in [-0.2, -0.15) is 0 Å². The summed E-state index contributed by atoms with van der Waals surface area (Å²) >= 11 is 18.2. The molecule has 0 aliphatic heterocycles. The molecular weight excluding hydrogens is 289 g/mol. The Morgan fingerprint density at radius 2 is 2.12 bits per heavy atom. The Morgan fingerprint density at radius 1 is 1.44 bits per heavy atom. The zero-order valence-corrected chi connectivity index (χ0v) is 11.8. The molecule has 0 saturated heterocycles. The van der Waals surface area contributed by atoms with Gasteiger partial charge < -0.3 is 4.98 Å². The highest BCUT2D eigenvalue weighted by Crippen LogP contribution is 2.31. The molecule has 0 spiro atoms. The maximum atomic E-state index is 11.6. The fraction of sp³-hybridized carbons (Fsp3) is 0.500. The number of carbonyl (C=O) groups excluding carboxylic acids is 1. The van der Waals surface area contributed by atoms with Gasteiger partial charge in [-0.05, 0) is 24.3 Å². The van der Waals surface area contributed by atoms with Gasteiger partial charge in [0.15, 0.2) is 0 Å². The third-order valence-electron chi connectivity index (χ3n) is 1.92. The number of halogens is 3. The van der Waals surface area contributed by atoms with Gasteiger partial charge in [-0.1, -0.05) is 48.1 Å². The van der Waals surface area contributed by atoms with Crippen molar-refractivity contribution in [2.24, 2.45) is 0 Å². The average Bonchev–Trinajstić information content (AvgIpc) is 2.64. The van der Waals surface area contributed by atoms with E-state index < -0.39 is 9.58 Å². The maximum Gasteiger partial charge on any atom is 0.254 e. The van der Waals surface area contributed by atoms with E-state index in [9.17, 15) is 4.79 Å². The molecule has 1 rings (SSSR count). The second-order valence-electron chi connectivity index (χ2n) is 3.27. The normalized spacial score (nSPS) is 11.8. The fourth-order valence-corrected chi connectivity index (χ4v) is 2.38. The molecule has 0 atom stereocenters. The van der Waals surface area contributed by atoms with Gasteiger partial charge in [0.1, 0.15) is 0 Å². The Bertz CT molecular complexity index is 359. The number of hydrogen-bond donors (Lipinski definition) is 1. The van der Waals surface area contributed by atoms with E-state index in [0.717, 1.165) is 23.6 Å². The van der Waals surface area contributed by atoms with Crippen molar-refractivity contribution in [1.29, 1.82) is 0 Å². The smallest absolute Gasteiger partial charge is 0.254 e. The van der Waals surface area contributed by atoms with E-state index in [2.05, 4.69) is 11.9 Å². The molecule has 0 aliphatic rings. The highest BCUT2D eigenvalue weighted by Gasteiger charge is 2.32. The van der Waals surface area contributed by atoms with Gasteiger partial charge in [-0.25, -0.2) is 0 Å². The highest BCUT2D eigenvalue weighted by atomic mass is 35.6. The second-order valence-corrected chi connectivity index (χ2v) is 6.68. The lowest BCUT2D eigenvalue weighted by Gasteiger charge is -2.06. The van der Waals surface area contributed by atoms with E-state index in [1.165, 1.54) is 0 Å². The largest absolute Gasteiger partial charge is 0.347 e. The third-order valence-corrected chi connectivity index (χ3v) is 3.47. The third kappa shape index (κ3) is 4.21. The number of Topliss-reactive ketones (excluding diaryl/α,β-unsaturated/α-hetero) is 1. The molecule has 1 heterocycles. The second kappa shape index (κ2) is 6.20. The minimum absolute atomic E-state index is 0.332. The van der Waals surface area contributed by atoms with E-state index in [-0.39, 0.29) is 0 Å². The fourth-order valence-electron chi connectivity index (χ4n) is 1.07. The molecule has 1 N–H and O–H groups in total. The van der Waals surface area contributed by atoms with Crippen LogP contribution in [-0.4, -0.2) is 20.3 Å². The van der Waals surface area contributed by atoms with Crippen LogP contribution in [0.3, 0.4) is 0 Å². The van der Waals surface area contributed by atoms with Crippen LogP contribution in [0, 0.1) is 0 Å². The number of aromatic amines is 1. The molecule has 16 heavy (non-hydrogen) atoms. The molecule has 6 heteroatoms. The first-order valence-corrected chi connectivity index (χ1v) is 7.00. The molecule has 90 valence electrons. The number of hydrogen-bond acceptors (Lipinski definition) is 2. The van der Waals surface area contributed by atoms with Crippen LogP contribution in [0.5, 0.6) is 0 Å². The SMILES string of the molecule is CCCCSc1ccc(C(=O)C(Cl)(Cl)Cl)[nH]1. The van der Waals surface area contributed by atoms with Gasteiger partial charge in [0.2, 0.25) is 5.78 Å². The first-order chi connectivity index (χ1) is 7.45. The molecule has 0 fully saturated rings. The van der Waals surface area contributed by atoms with Crippen LogP contribution < -0.4 is 0 Å². The van der Waals surface area contributed by atoms with Crippen molar-refractivity contribution in [2.45, 2.75) is 28.6 Å². The Hall–Kier alpha value is 0.170. The lowest BCUT2D eigenvalue weighted by molar-refractivity contribution is 0.0992. The maximum absolute atomic E-state index is 11.6. The Balaban J connectivity index is 2.61. The first kappa shape index (κ1) is 14.2. The summed E-state index contributed by atoms with van der Waals surface area (Å²) in [7, 11) is 0. The van der Waals surface area contributed by atoms with Gasteiger partial charge in [-0.15, -0.1) is 11.8 Å². The van der Waals surface area contributed by atoms with Crippen molar-refractivity contribution < 1.29 is 4.79 Å². The summed E-state index contributed by atoms with van der Waals surface area (Å²) in [5.74, 6) is 0.484. The predicted octanol–water partition coefficient (Wildman–Crippen LogP) is 4.46. The van der Waals surface area contributed by atoms with Crippen LogP contribution in [-0.2, 0) is 0 Å². The van der Waals surface area contributed by atoms with Crippen molar-refractivity contribution in [3.05, 3.63) is 17.8 Å². The summed E-state index contributed by atoms with van der Waals surface area (Å²) in [4.78, 5) is 14.5. The molecule has 1 aromatic heterocycles. The van der Waals surface area contributed by atoms with Crippen LogP contribution >= 0.6 is 46.6 Å². The molecule has 0 bridgehead atoms. The van der Waals surface area contributed by atoms with Crippen molar-refractivity contribution in [2.75, 3.05) is 5.75 Å². The molecule has 0 radical (unpaired) electrons. The monoisotopic (exact) mass is 299 g/mol. The minimum Gasteiger partial charge on any atom is -0.347 e. The number of alkyl halides is 3. The van der Waals surface area contributed by atoms with Crippen molar-refractivity contribution in [1.82, 2.24) is 4.98 Å². The molecule has 0 aromatic carbocycles. The van der Waals surface area contributed by atoms with Gasteiger partial charge in [0, 0.05) is 0 Å². The zero-order valence-electron chi connectivity index (χ0n) is 8.73. The summed E-state index contributed by atoms with van der Waals surface area (Å²) < 4.78 is -1.89. The summed E-state index contributed by atoms with van der Waals surface area (Å²) in [6, 6.07) is 3.46. The highest BCUT2D eigenvalue weighted by molar-refractivity contribution is 7.99. The molecule has 0 aliphatic carbocycles. The quantitative estimate of drug-likeness (QED) is 0.377. The number of H-pyrrole nitrogens is 1. The molecule has 0 amide bonds. The van der Waals surface area contributed by atoms with Crippen LogP contribution in [0.25, 0.3) is 0 Å². The predicted molar refractivity (Wildman–Crippen MR) is 71.0 cm³/mol. The molecule has 1 aromatic rings. The Kier molecular flexibility index (Phi) is 5.51. The number of ketones is 1. The number of unbranched alkanes of at least 4 members (excludes halogenated alkanes) is 1. The van der Waals surface area contributed by atoms with Crippen molar-refractivity contribution in [3.8, 4) is 0 Å². The molecular formula is C10H12Cl3NOS. The summed E-state index contributed by atoms with van der Waals surface area (Å²) in [6.07, 6.45) is 2.28. The number of thioether (sulfide) groups is 1. The molecule has 0 saturated carbocycles. The standard InChI is InChI=1S/C10H12Cl3NOS/c1-2-3-6-16-8-5-4-7(14-8)9(15)10(11,12)13/h4-5,14H,2-3,6H2,1H3. The topological polar surface area (TPSA) is 32.9 Å². The lowest BCUT2D eigenvalue weighted by atomic mass is 10.3. The number of carbonyl (C=O) groups is 1. The van der Waals surface area contributed by atoms with E-state index in [1.54, 1.807) is 17.8 Å². The van der Waals surface area contributed by atoms with Gasteiger partial charge in [0.25, 0.3) is 3.79 Å². The Labute approximate surface area is 114 Å². The number of aromatic nitrogens is 1. The van der Waals surface area contributed by atoms with Crippen LogP contribution in [0.15, 0.2) is 17.2 Å². The van der Waals surface area contributed by atoms with Crippen LogP contribution in [0.1, 0.15) is 30.3 Å². The van der Waals surface area contributed by atoms with Crippen molar-refractivity contribution >= 4 is 52.3 Å². The summed E-state index contributed by atoms with van der Waals surface area (Å²) in [6.45, 7) is 2.13. The van der Waals surface area contributed by atoms with E-state index in [1.807, 2.05) is 6.07 Å². The molecule has 2 nitrogen and oxygen atoms in total. The van der Waals surface area contributed by atoms with Crippen LogP contribution in [0.2, 0.25) is 0 Å².